The number of benzene rings is 2. The van der Waals surface area contributed by atoms with Crippen LogP contribution in [0.3, 0.4) is 0 Å². The first-order valence-electron chi connectivity index (χ1n) is 11.3. The molecule has 2 aromatic carbocycles. The van der Waals surface area contributed by atoms with Crippen molar-refractivity contribution in [1.29, 1.82) is 0 Å². The monoisotopic (exact) mass is 518 g/mol. The number of para-hydroxylation sites is 1. The van der Waals surface area contributed by atoms with E-state index in [1.165, 1.54) is 23.8 Å². The molecule has 1 atom stereocenters. The zero-order valence-corrected chi connectivity index (χ0v) is 21.4. The van der Waals surface area contributed by atoms with Crippen LogP contribution in [0, 0.1) is 0 Å². The quantitative estimate of drug-likeness (QED) is 0.254. The third kappa shape index (κ3) is 6.90. The van der Waals surface area contributed by atoms with E-state index in [1.807, 2.05) is 31.2 Å². The van der Waals surface area contributed by atoms with Gasteiger partial charge in [0.1, 0.15) is 5.75 Å². The molecule has 1 unspecified atom stereocenters. The fraction of sp³-hybridized carbons (Fsp3) is 0.346. The maximum absolute atomic E-state index is 13.2. The normalized spacial score (nSPS) is 12.8. The van der Waals surface area contributed by atoms with E-state index in [4.69, 9.17) is 4.74 Å². The lowest BCUT2D eigenvalue weighted by atomic mass is 9.87. The maximum atomic E-state index is 13.2. The molecule has 1 heterocycles. The molecule has 0 saturated heterocycles. The van der Waals surface area contributed by atoms with Crippen LogP contribution in [0.2, 0.25) is 0 Å². The molecular weight excluding hydrogens is 489 g/mol. The third-order valence-corrected chi connectivity index (χ3v) is 6.26. The summed E-state index contributed by atoms with van der Waals surface area (Å²) in [6, 6.07) is 12.7. The largest absolute Gasteiger partial charge is 0.483 e. The lowest BCUT2D eigenvalue weighted by molar-refractivity contribution is -0.137. The van der Waals surface area contributed by atoms with Crippen molar-refractivity contribution < 1.29 is 22.7 Å². The Morgan fingerprint density at radius 2 is 1.81 bits per heavy atom. The number of hydrogen-bond donors (Lipinski definition) is 1. The number of amides is 1. The Bertz CT molecular complexity index is 1200. The number of thioether (sulfide) groups is 1. The molecule has 0 aliphatic rings. The van der Waals surface area contributed by atoms with Crippen molar-refractivity contribution in [2.45, 2.75) is 57.1 Å². The summed E-state index contributed by atoms with van der Waals surface area (Å²) in [4.78, 5) is 12.4. The van der Waals surface area contributed by atoms with Crippen LogP contribution in [0.15, 0.2) is 66.3 Å². The minimum absolute atomic E-state index is 0.0293. The first-order valence-corrected chi connectivity index (χ1v) is 12.3. The Labute approximate surface area is 213 Å². The van der Waals surface area contributed by atoms with E-state index in [0.717, 1.165) is 17.8 Å². The van der Waals surface area contributed by atoms with Gasteiger partial charge in [-0.15, -0.1) is 16.8 Å². The number of rotatable bonds is 9. The number of carbonyl (C=O) groups excluding carboxylic acids is 1. The van der Waals surface area contributed by atoms with Crippen LogP contribution >= 0.6 is 11.8 Å². The number of ether oxygens (including phenoxy) is 1. The topological polar surface area (TPSA) is 69.0 Å². The minimum Gasteiger partial charge on any atom is -0.483 e. The van der Waals surface area contributed by atoms with Crippen molar-refractivity contribution in [3.05, 3.63) is 78.1 Å². The molecule has 1 aromatic heterocycles. The van der Waals surface area contributed by atoms with Crippen molar-refractivity contribution in [2.75, 3.05) is 11.1 Å². The average molecular weight is 519 g/mol. The Morgan fingerprint density at radius 3 is 2.42 bits per heavy atom. The summed E-state index contributed by atoms with van der Waals surface area (Å²) >= 11 is 1.07. The summed E-state index contributed by atoms with van der Waals surface area (Å²) in [5.74, 6) is 0.487. The van der Waals surface area contributed by atoms with Crippen LogP contribution < -0.4 is 10.1 Å². The van der Waals surface area contributed by atoms with Gasteiger partial charge in [-0.1, -0.05) is 62.9 Å². The molecule has 1 amide bonds. The summed E-state index contributed by atoms with van der Waals surface area (Å²) in [5, 5.41) is 11.2. The zero-order chi connectivity index (χ0) is 26.5. The van der Waals surface area contributed by atoms with Crippen LogP contribution in [0.1, 0.15) is 50.8 Å². The van der Waals surface area contributed by atoms with Gasteiger partial charge in [0.2, 0.25) is 5.91 Å². The van der Waals surface area contributed by atoms with Gasteiger partial charge in [0.25, 0.3) is 0 Å². The Hall–Kier alpha value is -3.27. The number of alkyl halides is 3. The summed E-state index contributed by atoms with van der Waals surface area (Å²) in [6.45, 7) is 12.4. The third-order valence-electron chi connectivity index (χ3n) is 5.29. The fourth-order valence-electron chi connectivity index (χ4n) is 3.45. The van der Waals surface area contributed by atoms with E-state index in [2.05, 4.69) is 42.9 Å². The summed E-state index contributed by atoms with van der Waals surface area (Å²) in [6.07, 6.45) is -3.35. The number of hydrogen-bond acceptors (Lipinski definition) is 5. The molecule has 3 rings (SSSR count). The number of anilines is 1. The molecule has 36 heavy (non-hydrogen) atoms. The summed E-state index contributed by atoms with van der Waals surface area (Å²) in [7, 11) is 0. The Kier molecular flexibility index (Phi) is 8.50. The Morgan fingerprint density at radius 1 is 1.14 bits per heavy atom. The Balaban J connectivity index is 1.69. The molecule has 0 aliphatic heterocycles. The molecule has 0 spiro atoms. The number of nitrogens with one attached hydrogen (secondary N) is 1. The number of carbonyl (C=O) groups is 1. The molecule has 3 aromatic rings. The molecule has 10 heteroatoms. The van der Waals surface area contributed by atoms with Gasteiger partial charge < -0.3 is 10.1 Å². The maximum Gasteiger partial charge on any atom is 0.418 e. The van der Waals surface area contributed by atoms with Crippen molar-refractivity contribution >= 4 is 23.4 Å². The van der Waals surface area contributed by atoms with Gasteiger partial charge in [-0.2, -0.15) is 13.2 Å². The van der Waals surface area contributed by atoms with Crippen LogP contribution in [-0.2, 0) is 22.9 Å². The van der Waals surface area contributed by atoms with Crippen LogP contribution in [-0.4, -0.2) is 26.4 Å². The van der Waals surface area contributed by atoms with Crippen molar-refractivity contribution in [2.24, 2.45) is 0 Å². The van der Waals surface area contributed by atoms with Crippen molar-refractivity contribution in [3.8, 4) is 5.75 Å². The second-order valence-corrected chi connectivity index (χ2v) is 10.1. The highest BCUT2D eigenvalue weighted by molar-refractivity contribution is 7.99. The first-order chi connectivity index (χ1) is 16.9. The van der Waals surface area contributed by atoms with Crippen LogP contribution in [0.4, 0.5) is 18.9 Å². The smallest absolute Gasteiger partial charge is 0.418 e. The number of halogens is 3. The molecule has 1 N–H and O–H groups in total. The van der Waals surface area contributed by atoms with Gasteiger partial charge in [0.05, 0.1) is 17.0 Å². The van der Waals surface area contributed by atoms with Crippen LogP contribution in [0.5, 0.6) is 5.75 Å². The molecule has 0 bridgehead atoms. The number of nitrogens with zero attached hydrogens (tertiary/aromatic N) is 3. The van der Waals surface area contributed by atoms with Gasteiger partial charge in [0, 0.05) is 6.54 Å². The highest BCUT2D eigenvalue weighted by atomic mass is 32.2. The highest BCUT2D eigenvalue weighted by Gasteiger charge is 2.33. The average Bonchev–Trinajstić information content (AvgIpc) is 3.20. The van der Waals surface area contributed by atoms with Gasteiger partial charge in [-0.25, -0.2) is 0 Å². The SMILES string of the molecule is C=CCn1c(SCC(=O)Nc2ccccc2C(F)(F)F)nnc1C(C)Oc1ccc(C(C)(C)C)cc1. The standard InChI is InChI=1S/C26H29F3N4O2S/c1-6-15-33-23(17(2)35-19-13-11-18(12-14-19)25(3,4)5)31-32-24(33)36-16-22(34)30-21-10-8-7-9-20(21)26(27,28)29/h6-14,17H,1,15-16H2,2-5H3,(H,30,34). The zero-order valence-electron chi connectivity index (χ0n) is 20.6. The second kappa shape index (κ2) is 11.2. The fourth-order valence-corrected chi connectivity index (χ4v) is 4.21. The van der Waals surface area contributed by atoms with Crippen LogP contribution in [0.25, 0.3) is 0 Å². The van der Waals surface area contributed by atoms with E-state index in [1.54, 1.807) is 10.6 Å². The predicted molar refractivity (Wildman–Crippen MR) is 135 cm³/mol. The molecule has 192 valence electrons. The van der Waals surface area contributed by atoms with E-state index in [9.17, 15) is 18.0 Å². The van der Waals surface area contributed by atoms with Gasteiger partial charge >= 0.3 is 6.18 Å². The predicted octanol–water partition coefficient (Wildman–Crippen LogP) is 6.65. The lowest BCUT2D eigenvalue weighted by Gasteiger charge is -2.20. The minimum atomic E-state index is -4.57. The molecule has 6 nitrogen and oxygen atoms in total. The van der Waals surface area contributed by atoms with Gasteiger partial charge in [-0.05, 0) is 42.2 Å². The van der Waals surface area contributed by atoms with Crippen molar-refractivity contribution in [3.63, 3.8) is 0 Å². The van der Waals surface area contributed by atoms with Crippen molar-refractivity contribution in [1.82, 2.24) is 14.8 Å². The van der Waals surface area contributed by atoms with E-state index in [-0.39, 0.29) is 16.9 Å². The van der Waals surface area contributed by atoms with E-state index in [0.29, 0.717) is 23.3 Å². The van der Waals surface area contributed by atoms with Gasteiger partial charge in [0.15, 0.2) is 17.1 Å². The molecule has 0 aliphatic carbocycles. The molecular formula is C26H29F3N4O2S. The summed E-state index contributed by atoms with van der Waals surface area (Å²) in [5.41, 5.74) is 0.0269. The van der Waals surface area contributed by atoms with E-state index < -0.39 is 23.8 Å². The number of aromatic nitrogens is 3. The second-order valence-electron chi connectivity index (χ2n) is 9.15. The summed E-state index contributed by atoms with van der Waals surface area (Å²) < 4.78 is 47.4. The molecule has 0 saturated carbocycles. The molecule has 0 radical (unpaired) electrons. The number of allylic oxidation sites excluding steroid dienone is 1. The van der Waals surface area contributed by atoms with Gasteiger partial charge in [-0.3, -0.25) is 9.36 Å². The van der Waals surface area contributed by atoms with E-state index >= 15 is 0 Å². The first kappa shape index (κ1) is 27.3. The highest BCUT2D eigenvalue weighted by Crippen LogP contribution is 2.35. The molecule has 0 fully saturated rings. The lowest BCUT2D eigenvalue weighted by Crippen LogP contribution is -2.18.